The fraction of sp³-hybridized carbons (Fsp3) is 0.250. The third-order valence-corrected chi connectivity index (χ3v) is 2.35. The number of nitrogens with zero attached hydrogens (tertiary/aromatic N) is 2. The lowest BCUT2D eigenvalue weighted by molar-refractivity contribution is 1.16. The van der Waals surface area contributed by atoms with E-state index in [0.717, 1.165) is 17.0 Å². The Morgan fingerprint density at radius 1 is 1.46 bits per heavy atom. The standard InChI is InChI=1S/C8H12N4S/c1-2-6(11-12-8(9)10)7-4-3-5-13-7/h3-5H,2H2,1H3,(H4,9,10,12). The first kappa shape index (κ1) is 9.73. The molecule has 0 spiro atoms. The molecule has 0 aliphatic heterocycles. The zero-order valence-corrected chi connectivity index (χ0v) is 8.21. The van der Waals surface area contributed by atoms with Gasteiger partial charge in [-0.05, 0) is 17.9 Å². The fourth-order valence-electron chi connectivity index (χ4n) is 0.855. The average Bonchev–Trinajstić information content (AvgIpc) is 2.58. The lowest BCUT2D eigenvalue weighted by Gasteiger charge is -1.95. The van der Waals surface area contributed by atoms with E-state index in [1.54, 1.807) is 11.3 Å². The lowest BCUT2D eigenvalue weighted by atomic mass is 10.2. The second kappa shape index (κ2) is 4.61. The number of thiophene rings is 1. The Labute approximate surface area is 81.0 Å². The van der Waals surface area contributed by atoms with E-state index in [9.17, 15) is 0 Å². The second-order valence-corrected chi connectivity index (χ2v) is 3.35. The molecule has 0 aliphatic rings. The van der Waals surface area contributed by atoms with Gasteiger partial charge in [-0.1, -0.05) is 13.0 Å². The van der Waals surface area contributed by atoms with Crippen LogP contribution in [0.1, 0.15) is 18.2 Å². The van der Waals surface area contributed by atoms with Crippen LogP contribution in [0.2, 0.25) is 0 Å². The van der Waals surface area contributed by atoms with Gasteiger partial charge in [0.1, 0.15) is 0 Å². The van der Waals surface area contributed by atoms with E-state index >= 15 is 0 Å². The number of nitrogens with two attached hydrogens (primary N) is 2. The van der Waals surface area contributed by atoms with Crippen molar-refractivity contribution in [3.63, 3.8) is 0 Å². The van der Waals surface area contributed by atoms with Gasteiger partial charge in [-0.2, -0.15) is 5.10 Å². The molecule has 0 amide bonds. The maximum atomic E-state index is 5.17. The van der Waals surface area contributed by atoms with Gasteiger partial charge in [0, 0.05) is 0 Å². The first-order chi connectivity index (χ1) is 6.24. The molecule has 0 saturated carbocycles. The molecule has 70 valence electrons. The van der Waals surface area contributed by atoms with Crippen molar-refractivity contribution in [2.24, 2.45) is 21.7 Å². The minimum atomic E-state index is -0.0116. The van der Waals surface area contributed by atoms with E-state index in [-0.39, 0.29) is 5.96 Å². The van der Waals surface area contributed by atoms with Gasteiger partial charge in [-0.3, -0.25) is 0 Å². The highest BCUT2D eigenvalue weighted by Crippen LogP contribution is 2.12. The average molecular weight is 196 g/mol. The molecule has 0 saturated heterocycles. The maximum absolute atomic E-state index is 5.17. The number of rotatable bonds is 3. The van der Waals surface area contributed by atoms with Gasteiger partial charge in [0.05, 0.1) is 10.6 Å². The van der Waals surface area contributed by atoms with E-state index in [0.29, 0.717) is 0 Å². The van der Waals surface area contributed by atoms with E-state index in [2.05, 4.69) is 10.2 Å². The summed E-state index contributed by atoms with van der Waals surface area (Å²) in [7, 11) is 0. The molecule has 0 fully saturated rings. The summed E-state index contributed by atoms with van der Waals surface area (Å²) in [5.41, 5.74) is 11.3. The van der Waals surface area contributed by atoms with Crippen LogP contribution in [0.3, 0.4) is 0 Å². The number of guanidine groups is 1. The smallest absolute Gasteiger partial charge is 0.211 e. The maximum Gasteiger partial charge on any atom is 0.211 e. The Kier molecular flexibility index (Phi) is 3.45. The summed E-state index contributed by atoms with van der Waals surface area (Å²) >= 11 is 1.63. The van der Waals surface area contributed by atoms with E-state index in [1.807, 2.05) is 24.4 Å². The van der Waals surface area contributed by atoms with Crippen LogP contribution < -0.4 is 11.5 Å². The Balaban J connectivity index is 2.86. The minimum Gasteiger partial charge on any atom is -0.369 e. The van der Waals surface area contributed by atoms with Crippen LogP contribution in [0.5, 0.6) is 0 Å². The van der Waals surface area contributed by atoms with Gasteiger partial charge in [0.2, 0.25) is 5.96 Å². The van der Waals surface area contributed by atoms with Crippen molar-refractivity contribution in [3.8, 4) is 0 Å². The number of hydrogen-bond donors (Lipinski definition) is 2. The molecule has 1 rings (SSSR count). The molecule has 1 aromatic heterocycles. The zero-order valence-electron chi connectivity index (χ0n) is 7.40. The third kappa shape index (κ3) is 2.87. The normalized spacial score (nSPS) is 11.3. The molecule has 0 radical (unpaired) electrons. The van der Waals surface area contributed by atoms with Crippen molar-refractivity contribution in [1.82, 2.24) is 0 Å². The van der Waals surface area contributed by atoms with E-state index in [1.165, 1.54) is 0 Å². The van der Waals surface area contributed by atoms with Crippen LogP contribution in [0.25, 0.3) is 0 Å². The third-order valence-electron chi connectivity index (χ3n) is 1.43. The van der Waals surface area contributed by atoms with E-state index in [4.69, 9.17) is 11.5 Å². The largest absolute Gasteiger partial charge is 0.369 e. The van der Waals surface area contributed by atoms with Crippen LogP contribution in [-0.4, -0.2) is 11.7 Å². The topological polar surface area (TPSA) is 76.8 Å². The summed E-state index contributed by atoms with van der Waals surface area (Å²) in [5, 5.41) is 9.56. The molecule has 0 bridgehead atoms. The molecule has 0 atom stereocenters. The molecule has 4 nitrogen and oxygen atoms in total. The van der Waals surface area contributed by atoms with Crippen LogP contribution in [0.15, 0.2) is 27.7 Å². The van der Waals surface area contributed by atoms with Gasteiger partial charge in [-0.25, -0.2) is 0 Å². The molecule has 0 aromatic carbocycles. The summed E-state index contributed by atoms with van der Waals surface area (Å²) < 4.78 is 0. The Hall–Kier alpha value is -1.36. The first-order valence-electron chi connectivity index (χ1n) is 3.93. The Morgan fingerprint density at radius 2 is 2.23 bits per heavy atom. The number of hydrogen-bond acceptors (Lipinski definition) is 3. The predicted octanol–water partition coefficient (Wildman–Crippen LogP) is 1.14. The van der Waals surface area contributed by atoms with Crippen LogP contribution in [-0.2, 0) is 0 Å². The highest BCUT2D eigenvalue weighted by Gasteiger charge is 2.00. The molecular weight excluding hydrogens is 184 g/mol. The van der Waals surface area contributed by atoms with Gasteiger partial charge >= 0.3 is 0 Å². The van der Waals surface area contributed by atoms with Crippen molar-refractivity contribution >= 4 is 23.0 Å². The summed E-state index contributed by atoms with van der Waals surface area (Å²) in [6.07, 6.45) is 0.817. The fourth-order valence-corrected chi connectivity index (χ4v) is 1.64. The van der Waals surface area contributed by atoms with Crippen molar-refractivity contribution in [2.75, 3.05) is 0 Å². The molecule has 4 N–H and O–H groups in total. The summed E-state index contributed by atoms with van der Waals surface area (Å²) in [6, 6.07) is 3.97. The Bertz CT molecular complexity index is 309. The van der Waals surface area contributed by atoms with Crippen molar-refractivity contribution in [3.05, 3.63) is 22.4 Å². The quantitative estimate of drug-likeness (QED) is 0.432. The molecular formula is C8H12N4S. The van der Waals surface area contributed by atoms with Crippen molar-refractivity contribution < 1.29 is 0 Å². The van der Waals surface area contributed by atoms with Crippen LogP contribution in [0.4, 0.5) is 0 Å². The molecule has 5 heteroatoms. The molecule has 1 heterocycles. The highest BCUT2D eigenvalue weighted by atomic mass is 32.1. The monoisotopic (exact) mass is 196 g/mol. The zero-order chi connectivity index (χ0) is 9.68. The minimum absolute atomic E-state index is 0.0116. The summed E-state index contributed by atoms with van der Waals surface area (Å²) in [4.78, 5) is 1.10. The van der Waals surface area contributed by atoms with E-state index < -0.39 is 0 Å². The molecule has 1 aromatic rings. The predicted molar refractivity (Wildman–Crippen MR) is 57.0 cm³/mol. The van der Waals surface area contributed by atoms with Gasteiger partial charge in [-0.15, -0.1) is 16.4 Å². The van der Waals surface area contributed by atoms with Gasteiger partial charge < -0.3 is 11.5 Å². The Morgan fingerprint density at radius 3 is 2.69 bits per heavy atom. The first-order valence-corrected chi connectivity index (χ1v) is 4.81. The van der Waals surface area contributed by atoms with Gasteiger partial charge in [0.25, 0.3) is 0 Å². The highest BCUT2D eigenvalue weighted by molar-refractivity contribution is 7.12. The summed E-state index contributed by atoms with van der Waals surface area (Å²) in [5.74, 6) is -0.0116. The second-order valence-electron chi connectivity index (χ2n) is 2.40. The van der Waals surface area contributed by atoms with Crippen molar-refractivity contribution in [1.29, 1.82) is 0 Å². The molecule has 0 aliphatic carbocycles. The van der Waals surface area contributed by atoms with Gasteiger partial charge in [0.15, 0.2) is 0 Å². The SMILES string of the molecule is CCC(=NN=C(N)N)c1cccs1. The summed E-state index contributed by atoms with van der Waals surface area (Å²) in [6.45, 7) is 2.01. The van der Waals surface area contributed by atoms with Crippen molar-refractivity contribution in [2.45, 2.75) is 13.3 Å². The molecule has 13 heavy (non-hydrogen) atoms. The lowest BCUT2D eigenvalue weighted by Crippen LogP contribution is -2.22. The van der Waals surface area contributed by atoms with Crippen LogP contribution in [0, 0.1) is 0 Å². The molecule has 0 unspecified atom stereocenters. The van der Waals surface area contributed by atoms with Crippen LogP contribution >= 0.6 is 11.3 Å².